The van der Waals surface area contributed by atoms with Crippen LogP contribution in [0.4, 0.5) is 0 Å². The highest BCUT2D eigenvalue weighted by Gasteiger charge is 2.37. The number of carbonyl (C=O) groups is 3. The number of hydrogen-bond acceptors (Lipinski definition) is 4. The lowest BCUT2D eigenvalue weighted by Crippen LogP contribution is -2.44. The molecule has 1 N–H and O–H groups in total. The fraction of sp³-hybridized carbons (Fsp3) is 0.333. The summed E-state index contributed by atoms with van der Waals surface area (Å²) in [6.45, 7) is 5.91. The van der Waals surface area contributed by atoms with E-state index in [1.54, 1.807) is 19.9 Å². The number of aromatic nitrogens is 1. The van der Waals surface area contributed by atoms with Gasteiger partial charge in [0, 0.05) is 11.9 Å². The number of fused-ring (bicyclic) bond motifs is 1. The van der Waals surface area contributed by atoms with Crippen LogP contribution in [0.25, 0.3) is 10.9 Å². The largest absolute Gasteiger partial charge is 0.326 e. The summed E-state index contributed by atoms with van der Waals surface area (Å²) >= 11 is 0. The van der Waals surface area contributed by atoms with Crippen molar-refractivity contribution >= 4 is 28.6 Å². The Morgan fingerprint density at radius 1 is 1.29 bits per heavy atom. The molecule has 0 saturated carbocycles. The molecule has 6 heteroatoms. The van der Waals surface area contributed by atoms with Gasteiger partial charge >= 0.3 is 0 Å². The van der Waals surface area contributed by atoms with Crippen molar-refractivity contribution in [2.45, 2.75) is 33.2 Å². The zero-order valence-corrected chi connectivity index (χ0v) is 13.9. The molecule has 2 aromatic rings. The second kappa shape index (κ2) is 6.03. The Morgan fingerprint density at radius 2 is 2.04 bits per heavy atom. The number of imide groups is 1. The third-order valence-corrected chi connectivity index (χ3v) is 4.32. The molecule has 1 fully saturated rings. The highest BCUT2D eigenvalue weighted by molar-refractivity contribution is 6.08. The van der Waals surface area contributed by atoms with Gasteiger partial charge in [-0.1, -0.05) is 12.1 Å². The molecule has 2 heterocycles. The van der Waals surface area contributed by atoms with Crippen molar-refractivity contribution in [2.75, 3.05) is 6.54 Å². The summed E-state index contributed by atoms with van der Waals surface area (Å²) in [5.41, 5.74) is 3.01. The molecule has 24 heavy (non-hydrogen) atoms. The predicted octanol–water partition coefficient (Wildman–Crippen LogP) is 1.73. The van der Waals surface area contributed by atoms with Gasteiger partial charge in [0.05, 0.1) is 23.2 Å². The first kappa shape index (κ1) is 16.1. The van der Waals surface area contributed by atoms with E-state index < -0.39 is 11.9 Å². The van der Waals surface area contributed by atoms with Crippen LogP contribution in [0.15, 0.2) is 24.3 Å². The van der Waals surface area contributed by atoms with Gasteiger partial charge in [0.1, 0.15) is 6.04 Å². The molecule has 1 atom stereocenters. The molecule has 1 aliphatic heterocycles. The van der Waals surface area contributed by atoms with Gasteiger partial charge < -0.3 is 4.90 Å². The topological polar surface area (TPSA) is 79.4 Å². The number of rotatable bonds is 3. The second-order valence-corrected chi connectivity index (χ2v) is 6.04. The zero-order valence-electron chi connectivity index (χ0n) is 13.9. The summed E-state index contributed by atoms with van der Waals surface area (Å²) in [5.74, 6) is -1.04. The van der Waals surface area contributed by atoms with E-state index in [0.29, 0.717) is 17.8 Å². The molecule has 3 rings (SSSR count). The molecule has 1 aromatic heterocycles. The molecule has 1 aliphatic rings. The minimum atomic E-state index is -0.747. The Morgan fingerprint density at radius 3 is 2.67 bits per heavy atom. The van der Waals surface area contributed by atoms with Gasteiger partial charge in [0.2, 0.25) is 11.8 Å². The molecular formula is C18H19N3O3. The molecule has 3 amide bonds. The van der Waals surface area contributed by atoms with Crippen LogP contribution < -0.4 is 5.32 Å². The van der Waals surface area contributed by atoms with Crippen LogP contribution in [-0.4, -0.2) is 40.2 Å². The maximum Gasteiger partial charge on any atom is 0.256 e. The van der Waals surface area contributed by atoms with Crippen LogP contribution >= 0.6 is 0 Å². The smallest absolute Gasteiger partial charge is 0.256 e. The van der Waals surface area contributed by atoms with Crippen molar-refractivity contribution in [3.63, 3.8) is 0 Å². The number of carbonyl (C=O) groups excluding carboxylic acids is 3. The molecule has 6 nitrogen and oxygen atoms in total. The summed E-state index contributed by atoms with van der Waals surface area (Å²) < 4.78 is 0. The van der Waals surface area contributed by atoms with Crippen molar-refractivity contribution in [2.24, 2.45) is 0 Å². The molecular weight excluding hydrogens is 306 g/mol. The van der Waals surface area contributed by atoms with E-state index in [4.69, 9.17) is 0 Å². The summed E-state index contributed by atoms with van der Waals surface area (Å²) in [5, 5.41) is 3.12. The third-order valence-electron chi connectivity index (χ3n) is 4.32. The van der Waals surface area contributed by atoms with Crippen LogP contribution in [0.2, 0.25) is 0 Å². The third kappa shape index (κ3) is 2.75. The average molecular weight is 325 g/mol. The Bertz CT molecular complexity index is 860. The predicted molar refractivity (Wildman–Crippen MR) is 89.5 cm³/mol. The molecule has 0 unspecified atom stereocenters. The monoisotopic (exact) mass is 325 g/mol. The lowest BCUT2D eigenvalue weighted by molar-refractivity contribution is -0.126. The molecule has 1 saturated heterocycles. The van der Waals surface area contributed by atoms with Crippen molar-refractivity contribution in [3.05, 3.63) is 41.1 Å². The van der Waals surface area contributed by atoms with Crippen LogP contribution in [0.3, 0.4) is 0 Å². The van der Waals surface area contributed by atoms with E-state index in [1.807, 2.05) is 25.1 Å². The maximum atomic E-state index is 12.9. The fourth-order valence-corrected chi connectivity index (χ4v) is 3.04. The van der Waals surface area contributed by atoms with Crippen LogP contribution in [-0.2, 0) is 9.59 Å². The number of pyridine rings is 1. The molecule has 124 valence electrons. The van der Waals surface area contributed by atoms with Gasteiger partial charge in [-0.25, -0.2) is 0 Å². The standard InChI is InChI=1S/C18H19N3O3/c1-4-21(15-9-16(22)20-17(15)23)18(24)13-8-12-6-5-10(2)7-14(12)19-11(13)3/h5-8,15H,4,9H2,1-3H3,(H,20,22,23)/t15-/m1/s1. The van der Waals surface area contributed by atoms with Crippen molar-refractivity contribution in [1.82, 2.24) is 15.2 Å². The molecule has 1 aromatic carbocycles. The normalized spacial score (nSPS) is 17.2. The van der Waals surface area contributed by atoms with E-state index in [0.717, 1.165) is 16.5 Å². The summed E-state index contributed by atoms with van der Waals surface area (Å²) in [4.78, 5) is 42.2. The Kier molecular flexibility index (Phi) is 4.05. The van der Waals surface area contributed by atoms with Gasteiger partial charge in [0.15, 0.2) is 0 Å². The van der Waals surface area contributed by atoms with E-state index in [-0.39, 0.29) is 18.2 Å². The van der Waals surface area contributed by atoms with E-state index >= 15 is 0 Å². The molecule has 0 bridgehead atoms. The average Bonchev–Trinajstić information content (AvgIpc) is 2.85. The summed E-state index contributed by atoms with van der Waals surface area (Å²) in [6.07, 6.45) is 0.0116. The highest BCUT2D eigenvalue weighted by atomic mass is 16.2. The SMILES string of the molecule is CCN(C(=O)c1cc2ccc(C)cc2nc1C)[C@@H]1CC(=O)NC1=O. The Hall–Kier alpha value is -2.76. The number of amides is 3. The highest BCUT2D eigenvalue weighted by Crippen LogP contribution is 2.21. The van der Waals surface area contributed by atoms with Gasteiger partial charge in [-0.15, -0.1) is 0 Å². The van der Waals surface area contributed by atoms with Gasteiger partial charge in [-0.2, -0.15) is 0 Å². The van der Waals surface area contributed by atoms with Crippen molar-refractivity contribution < 1.29 is 14.4 Å². The Balaban J connectivity index is 2.00. The number of nitrogens with zero attached hydrogens (tertiary/aromatic N) is 2. The van der Waals surface area contributed by atoms with Crippen molar-refractivity contribution in [1.29, 1.82) is 0 Å². The van der Waals surface area contributed by atoms with Crippen LogP contribution in [0.1, 0.15) is 35.0 Å². The number of hydrogen-bond donors (Lipinski definition) is 1. The van der Waals surface area contributed by atoms with E-state index in [9.17, 15) is 14.4 Å². The van der Waals surface area contributed by atoms with E-state index in [2.05, 4.69) is 10.3 Å². The van der Waals surface area contributed by atoms with Crippen LogP contribution in [0, 0.1) is 13.8 Å². The summed E-state index contributed by atoms with van der Waals surface area (Å²) in [7, 11) is 0. The zero-order chi connectivity index (χ0) is 17.4. The summed E-state index contributed by atoms with van der Waals surface area (Å²) in [6, 6.07) is 6.92. The van der Waals surface area contributed by atoms with Gasteiger partial charge in [-0.3, -0.25) is 24.7 Å². The van der Waals surface area contributed by atoms with Crippen molar-refractivity contribution in [3.8, 4) is 0 Å². The molecule has 0 spiro atoms. The van der Waals surface area contributed by atoms with Gasteiger partial charge in [-0.05, 0) is 38.5 Å². The number of likely N-dealkylation sites (N-methyl/N-ethyl adjacent to an activating group) is 1. The van der Waals surface area contributed by atoms with Gasteiger partial charge in [0.25, 0.3) is 5.91 Å². The molecule has 0 radical (unpaired) electrons. The minimum absolute atomic E-state index is 0.0116. The second-order valence-electron chi connectivity index (χ2n) is 6.04. The first-order valence-corrected chi connectivity index (χ1v) is 7.93. The first-order valence-electron chi connectivity index (χ1n) is 7.93. The first-order chi connectivity index (χ1) is 11.4. The maximum absolute atomic E-state index is 12.9. The van der Waals surface area contributed by atoms with Crippen LogP contribution in [0.5, 0.6) is 0 Å². The Labute approximate surface area is 139 Å². The van der Waals surface area contributed by atoms with E-state index in [1.165, 1.54) is 4.90 Å². The quantitative estimate of drug-likeness (QED) is 0.872. The number of nitrogens with one attached hydrogen (secondary N) is 1. The molecule has 0 aliphatic carbocycles. The fourth-order valence-electron chi connectivity index (χ4n) is 3.04. The lowest BCUT2D eigenvalue weighted by Gasteiger charge is -2.26. The lowest BCUT2D eigenvalue weighted by atomic mass is 10.1. The minimum Gasteiger partial charge on any atom is -0.326 e. The number of benzene rings is 1. The number of aryl methyl sites for hydroxylation is 2.